The second kappa shape index (κ2) is 8.47. The van der Waals surface area contributed by atoms with Crippen molar-refractivity contribution in [3.63, 3.8) is 0 Å². The van der Waals surface area contributed by atoms with E-state index in [1.165, 1.54) is 11.0 Å². The van der Waals surface area contributed by atoms with Gasteiger partial charge in [-0.15, -0.1) is 0 Å². The summed E-state index contributed by atoms with van der Waals surface area (Å²) in [7, 11) is 0. The van der Waals surface area contributed by atoms with Crippen LogP contribution in [0.1, 0.15) is 30.9 Å². The maximum absolute atomic E-state index is 14.5. The highest BCUT2D eigenvalue weighted by Crippen LogP contribution is 2.30. The molecule has 1 fully saturated rings. The average molecular weight is 532 g/mol. The minimum absolute atomic E-state index is 0.181. The summed E-state index contributed by atoms with van der Waals surface area (Å²) in [6, 6.07) is 12.2. The predicted octanol–water partition coefficient (Wildman–Crippen LogP) is 4.85. The molecule has 1 aliphatic heterocycles. The molecule has 136 valence electrons. The fourth-order valence-corrected chi connectivity index (χ4v) is 3.71. The predicted molar refractivity (Wildman–Crippen MR) is 107 cm³/mol. The molecule has 0 aliphatic carbocycles. The van der Waals surface area contributed by atoms with Crippen LogP contribution in [0.2, 0.25) is 0 Å². The summed E-state index contributed by atoms with van der Waals surface area (Å²) < 4.78 is 22.1. The molecule has 0 spiro atoms. The minimum atomic E-state index is -0.609. The third-order valence-electron chi connectivity index (χ3n) is 4.15. The summed E-state index contributed by atoms with van der Waals surface area (Å²) in [5.41, 5.74) is 0.395. The number of hydrogen-bond acceptors (Lipinski definition) is 3. The van der Waals surface area contributed by atoms with E-state index < -0.39 is 11.9 Å². The van der Waals surface area contributed by atoms with E-state index in [0.29, 0.717) is 22.2 Å². The first kappa shape index (κ1) is 19.3. The Balaban J connectivity index is 1.83. The normalized spacial score (nSPS) is 15.4. The van der Waals surface area contributed by atoms with Gasteiger partial charge in [0.25, 0.3) is 0 Å². The van der Waals surface area contributed by atoms with E-state index in [2.05, 4.69) is 38.5 Å². The summed E-state index contributed by atoms with van der Waals surface area (Å²) in [6.07, 6.45) is 0.200. The van der Waals surface area contributed by atoms with Crippen molar-refractivity contribution in [3.05, 3.63) is 61.9 Å². The van der Waals surface area contributed by atoms with E-state index >= 15 is 0 Å². The molecule has 2 amide bonds. The molecule has 26 heavy (non-hydrogen) atoms. The Morgan fingerprint density at radius 1 is 1.15 bits per heavy atom. The molecule has 1 unspecified atom stereocenters. The van der Waals surface area contributed by atoms with E-state index in [1.54, 1.807) is 18.2 Å². The number of benzene rings is 2. The van der Waals surface area contributed by atoms with Gasteiger partial charge in [-0.1, -0.05) is 28.1 Å². The molecule has 0 radical (unpaired) electrons. The zero-order chi connectivity index (χ0) is 18.7. The van der Waals surface area contributed by atoms with Crippen molar-refractivity contribution in [2.75, 3.05) is 6.54 Å². The Kier molecular flexibility index (Phi) is 6.29. The van der Waals surface area contributed by atoms with Gasteiger partial charge in [0.15, 0.2) is 0 Å². The van der Waals surface area contributed by atoms with Gasteiger partial charge in [-0.25, -0.2) is 4.39 Å². The van der Waals surface area contributed by atoms with Gasteiger partial charge in [-0.05, 0) is 52.9 Å². The molecule has 2 aromatic carbocycles. The minimum Gasteiger partial charge on any atom is -0.486 e. The molecule has 1 heterocycles. The summed E-state index contributed by atoms with van der Waals surface area (Å²) in [6.45, 7) is 0.210. The Bertz CT molecular complexity index is 829. The van der Waals surface area contributed by atoms with Crippen molar-refractivity contribution < 1.29 is 18.7 Å². The van der Waals surface area contributed by atoms with E-state index in [1.807, 2.05) is 18.2 Å². The van der Waals surface area contributed by atoms with E-state index in [4.69, 9.17) is 4.74 Å². The van der Waals surface area contributed by atoms with Crippen LogP contribution in [-0.2, 0) is 9.59 Å². The van der Waals surface area contributed by atoms with Gasteiger partial charge in [0.1, 0.15) is 17.7 Å². The summed E-state index contributed by atoms with van der Waals surface area (Å²) in [5, 5.41) is 0. The highest BCUT2D eigenvalue weighted by atomic mass is 127. The molecule has 1 aliphatic rings. The third kappa shape index (κ3) is 4.62. The maximum Gasteiger partial charge on any atom is 0.229 e. The van der Waals surface area contributed by atoms with Crippen molar-refractivity contribution in [3.8, 4) is 5.75 Å². The van der Waals surface area contributed by atoms with Crippen LogP contribution in [0.4, 0.5) is 4.39 Å². The Labute approximate surface area is 173 Å². The van der Waals surface area contributed by atoms with Gasteiger partial charge in [0.2, 0.25) is 11.8 Å². The molecule has 3 rings (SSSR count). The topological polar surface area (TPSA) is 46.6 Å². The molecule has 0 bridgehead atoms. The second-order valence-electron chi connectivity index (χ2n) is 5.96. The Morgan fingerprint density at radius 2 is 1.88 bits per heavy atom. The van der Waals surface area contributed by atoms with Crippen LogP contribution in [0.3, 0.4) is 0 Å². The van der Waals surface area contributed by atoms with Crippen LogP contribution in [0.15, 0.2) is 46.9 Å². The smallest absolute Gasteiger partial charge is 0.229 e. The zero-order valence-electron chi connectivity index (χ0n) is 13.8. The van der Waals surface area contributed by atoms with Crippen molar-refractivity contribution >= 4 is 50.3 Å². The van der Waals surface area contributed by atoms with Crippen LogP contribution in [-0.4, -0.2) is 23.3 Å². The number of likely N-dealkylation sites (tertiary alicyclic amines) is 1. The molecule has 1 atom stereocenters. The Hall–Kier alpha value is -1.48. The SMILES string of the molecule is O=C1CCC(=O)N1CCC(Oc1cccc(I)c1)c1ccc(Br)cc1F. The lowest BCUT2D eigenvalue weighted by Gasteiger charge is -2.23. The van der Waals surface area contributed by atoms with E-state index in [0.717, 1.165) is 3.57 Å². The largest absolute Gasteiger partial charge is 0.486 e. The van der Waals surface area contributed by atoms with Gasteiger partial charge < -0.3 is 4.74 Å². The number of carbonyl (C=O) groups is 2. The number of halogens is 3. The molecular weight excluding hydrogens is 516 g/mol. The first-order valence-electron chi connectivity index (χ1n) is 8.14. The number of carbonyl (C=O) groups excluding carboxylic acids is 2. The standard InChI is InChI=1S/C19H16BrFINO3/c20-12-4-5-15(16(21)10-12)17(26-14-3-1-2-13(22)11-14)8-9-23-18(24)6-7-19(23)25/h1-5,10-11,17H,6-9H2. The monoisotopic (exact) mass is 531 g/mol. The molecule has 0 saturated carbocycles. The van der Waals surface area contributed by atoms with Crippen LogP contribution in [0.5, 0.6) is 5.75 Å². The van der Waals surface area contributed by atoms with Gasteiger partial charge >= 0.3 is 0 Å². The number of hydrogen-bond donors (Lipinski definition) is 0. The lowest BCUT2D eigenvalue weighted by Crippen LogP contribution is -2.31. The average Bonchev–Trinajstić information content (AvgIpc) is 2.90. The van der Waals surface area contributed by atoms with Crippen molar-refractivity contribution in [2.24, 2.45) is 0 Å². The van der Waals surface area contributed by atoms with E-state index in [9.17, 15) is 14.0 Å². The van der Waals surface area contributed by atoms with Crippen LogP contribution >= 0.6 is 38.5 Å². The summed E-state index contributed by atoms with van der Waals surface area (Å²) in [5.74, 6) is -0.143. The third-order valence-corrected chi connectivity index (χ3v) is 5.32. The van der Waals surface area contributed by atoms with Gasteiger partial charge in [0, 0.05) is 39.4 Å². The highest BCUT2D eigenvalue weighted by Gasteiger charge is 2.30. The maximum atomic E-state index is 14.5. The van der Waals surface area contributed by atoms with Crippen molar-refractivity contribution in [1.82, 2.24) is 4.90 Å². The molecule has 4 nitrogen and oxygen atoms in total. The van der Waals surface area contributed by atoms with Crippen molar-refractivity contribution in [1.29, 1.82) is 0 Å². The molecule has 1 saturated heterocycles. The van der Waals surface area contributed by atoms with Crippen LogP contribution in [0, 0.1) is 9.39 Å². The number of rotatable bonds is 6. The number of ether oxygens (including phenoxy) is 1. The molecule has 7 heteroatoms. The zero-order valence-corrected chi connectivity index (χ0v) is 17.5. The van der Waals surface area contributed by atoms with Crippen molar-refractivity contribution in [2.45, 2.75) is 25.4 Å². The second-order valence-corrected chi connectivity index (χ2v) is 8.12. The summed E-state index contributed by atoms with van der Waals surface area (Å²) in [4.78, 5) is 24.9. The number of nitrogens with zero attached hydrogens (tertiary/aromatic N) is 1. The highest BCUT2D eigenvalue weighted by molar-refractivity contribution is 14.1. The molecular formula is C19H16BrFINO3. The van der Waals surface area contributed by atoms with Gasteiger partial charge in [-0.3, -0.25) is 14.5 Å². The first-order chi connectivity index (χ1) is 12.4. The van der Waals surface area contributed by atoms with Crippen LogP contribution in [0.25, 0.3) is 0 Å². The van der Waals surface area contributed by atoms with Crippen LogP contribution < -0.4 is 4.74 Å². The van der Waals surface area contributed by atoms with E-state index in [-0.39, 0.29) is 31.2 Å². The molecule has 0 N–H and O–H groups in total. The fraction of sp³-hybridized carbons (Fsp3) is 0.263. The lowest BCUT2D eigenvalue weighted by atomic mass is 10.1. The summed E-state index contributed by atoms with van der Waals surface area (Å²) >= 11 is 5.43. The Morgan fingerprint density at radius 3 is 2.54 bits per heavy atom. The molecule has 0 aromatic heterocycles. The molecule has 2 aromatic rings. The number of amides is 2. The van der Waals surface area contributed by atoms with Gasteiger partial charge in [0.05, 0.1) is 0 Å². The first-order valence-corrected chi connectivity index (χ1v) is 10.0. The fourth-order valence-electron chi connectivity index (χ4n) is 2.86. The van der Waals surface area contributed by atoms with Gasteiger partial charge in [-0.2, -0.15) is 0 Å². The lowest BCUT2D eigenvalue weighted by molar-refractivity contribution is -0.138. The number of imide groups is 1. The quantitative estimate of drug-likeness (QED) is 0.395.